The van der Waals surface area contributed by atoms with Crippen LogP contribution in [-0.2, 0) is 6.54 Å². The zero-order valence-corrected chi connectivity index (χ0v) is 8.74. The van der Waals surface area contributed by atoms with Crippen LogP contribution in [0.2, 0.25) is 0 Å². The van der Waals surface area contributed by atoms with E-state index in [2.05, 4.69) is 10.5 Å². The van der Waals surface area contributed by atoms with Crippen LogP contribution in [-0.4, -0.2) is 23.8 Å². The lowest BCUT2D eigenvalue weighted by Gasteiger charge is -2.18. The Morgan fingerprint density at radius 2 is 2.29 bits per heavy atom. The predicted octanol–water partition coefficient (Wildman–Crippen LogP) is 1.29. The summed E-state index contributed by atoms with van der Waals surface area (Å²) in [7, 11) is 0. The van der Waals surface area contributed by atoms with Gasteiger partial charge in [-0.3, -0.25) is 0 Å². The first-order chi connectivity index (χ1) is 7.95. The third-order valence-corrected chi connectivity index (χ3v) is 2.10. The molecule has 0 aliphatic heterocycles. The van der Waals surface area contributed by atoms with Crippen molar-refractivity contribution < 1.29 is 22.8 Å². The van der Waals surface area contributed by atoms with Gasteiger partial charge in [0.05, 0.1) is 12.8 Å². The van der Waals surface area contributed by atoms with Gasteiger partial charge in [-0.1, -0.05) is 5.16 Å². The van der Waals surface area contributed by atoms with Crippen LogP contribution < -0.4 is 11.1 Å². The van der Waals surface area contributed by atoms with Gasteiger partial charge in [-0.05, 0) is 12.1 Å². The summed E-state index contributed by atoms with van der Waals surface area (Å²) in [5.41, 5.74) is 4.98. The number of halogens is 3. The van der Waals surface area contributed by atoms with Crippen molar-refractivity contribution in [3.63, 3.8) is 0 Å². The number of nitrogens with two attached hydrogens (primary N) is 1. The third kappa shape index (κ3) is 3.99. The lowest BCUT2D eigenvalue weighted by molar-refractivity contribution is -0.155. The Labute approximate surface area is 95.1 Å². The summed E-state index contributed by atoms with van der Waals surface area (Å²) in [6.07, 6.45) is -3.14. The molecular formula is C9H12F3N3O2. The topological polar surface area (TPSA) is 83.8 Å². The monoisotopic (exact) mass is 251 g/mol. The first-order valence-corrected chi connectivity index (χ1v) is 4.72. The minimum Gasteiger partial charge on any atom is -0.468 e. The van der Waals surface area contributed by atoms with Crippen molar-refractivity contribution in [1.82, 2.24) is 5.32 Å². The van der Waals surface area contributed by atoms with E-state index in [9.17, 15) is 13.2 Å². The summed E-state index contributed by atoms with van der Waals surface area (Å²) in [6, 6.07) is 3.25. The third-order valence-electron chi connectivity index (χ3n) is 2.10. The maximum absolute atomic E-state index is 12.5. The molecule has 0 radical (unpaired) electrons. The van der Waals surface area contributed by atoms with Crippen LogP contribution in [0.4, 0.5) is 13.2 Å². The fourth-order valence-corrected chi connectivity index (χ4v) is 1.21. The summed E-state index contributed by atoms with van der Waals surface area (Å²) >= 11 is 0. The second-order valence-electron chi connectivity index (χ2n) is 3.33. The number of rotatable bonds is 5. The molecule has 1 unspecified atom stereocenters. The van der Waals surface area contributed by atoms with Gasteiger partial charge >= 0.3 is 6.18 Å². The minimum absolute atomic E-state index is 0.137. The van der Waals surface area contributed by atoms with E-state index < -0.39 is 24.5 Å². The molecule has 0 fully saturated rings. The number of oxime groups is 1. The Morgan fingerprint density at radius 3 is 2.76 bits per heavy atom. The summed E-state index contributed by atoms with van der Waals surface area (Å²) in [5.74, 6) is -2.39. The zero-order valence-electron chi connectivity index (χ0n) is 8.74. The smallest absolute Gasteiger partial charge is 0.400 e. The largest absolute Gasteiger partial charge is 0.468 e. The number of hydrogen-bond donors (Lipinski definition) is 3. The average molecular weight is 251 g/mol. The van der Waals surface area contributed by atoms with Crippen molar-refractivity contribution in [3.8, 4) is 0 Å². The van der Waals surface area contributed by atoms with E-state index in [0.29, 0.717) is 5.76 Å². The highest BCUT2D eigenvalue weighted by atomic mass is 19.4. The molecular weight excluding hydrogens is 239 g/mol. The van der Waals surface area contributed by atoms with Gasteiger partial charge in [-0.15, -0.1) is 0 Å². The molecule has 1 aromatic heterocycles. The van der Waals surface area contributed by atoms with Gasteiger partial charge < -0.3 is 20.7 Å². The van der Waals surface area contributed by atoms with Gasteiger partial charge in [0.25, 0.3) is 0 Å². The Morgan fingerprint density at radius 1 is 1.59 bits per heavy atom. The molecule has 1 rings (SSSR count). The van der Waals surface area contributed by atoms with Crippen LogP contribution in [0.1, 0.15) is 5.76 Å². The quantitative estimate of drug-likeness (QED) is 0.319. The van der Waals surface area contributed by atoms with E-state index in [4.69, 9.17) is 15.4 Å². The van der Waals surface area contributed by atoms with Crippen molar-refractivity contribution in [3.05, 3.63) is 24.2 Å². The van der Waals surface area contributed by atoms with E-state index in [1.165, 1.54) is 6.26 Å². The van der Waals surface area contributed by atoms with Crippen molar-refractivity contribution in [2.24, 2.45) is 16.8 Å². The molecule has 0 saturated carbocycles. The van der Waals surface area contributed by atoms with Crippen LogP contribution in [0.5, 0.6) is 0 Å². The summed E-state index contributed by atoms with van der Waals surface area (Å²) in [6.45, 7) is -0.349. The number of nitrogens with zero attached hydrogens (tertiary/aromatic N) is 1. The highest BCUT2D eigenvalue weighted by molar-refractivity contribution is 5.83. The van der Waals surface area contributed by atoms with Gasteiger partial charge in [-0.25, -0.2) is 0 Å². The molecule has 1 atom stereocenters. The maximum atomic E-state index is 12.5. The molecule has 1 heterocycles. The lowest BCUT2D eigenvalue weighted by Crippen LogP contribution is -2.42. The lowest BCUT2D eigenvalue weighted by atomic mass is 10.1. The molecule has 5 nitrogen and oxygen atoms in total. The van der Waals surface area contributed by atoms with Gasteiger partial charge in [0.15, 0.2) is 5.84 Å². The molecule has 0 bridgehead atoms. The molecule has 17 heavy (non-hydrogen) atoms. The van der Waals surface area contributed by atoms with Gasteiger partial charge in [0.1, 0.15) is 11.7 Å². The number of amidine groups is 1. The normalized spacial score (nSPS) is 14.9. The molecule has 0 amide bonds. The van der Waals surface area contributed by atoms with E-state index in [1.54, 1.807) is 12.1 Å². The number of nitrogens with one attached hydrogen (secondary N) is 1. The summed E-state index contributed by atoms with van der Waals surface area (Å²) < 4.78 is 42.4. The molecule has 96 valence electrons. The molecule has 0 aliphatic rings. The molecule has 0 aliphatic carbocycles. The van der Waals surface area contributed by atoms with Crippen molar-refractivity contribution in [2.75, 3.05) is 6.54 Å². The van der Waals surface area contributed by atoms with E-state index in [0.717, 1.165) is 0 Å². The van der Waals surface area contributed by atoms with E-state index in [-0.39, 0.29) is 6.54 Å². The molecule has 4 N–H and O–H groups in total. The Kier molecular flexibility index (Phi) is 4.38. The highest BCUT2D eigenvalue weighted by Gasteiger charge is 2.42. The SMILES string of the molecule is N/C(=N/O)C(CNCc1ccco1)C(F)(F)F. The van der Waals surface area contributed by atoms with Crippen molar-refractivity contribution in [2.45, 2.75) is 12.7 Å². The Balaban J connectivity index is 2.51. The zero-order chi connectivity index (χ0) is 12.9. The van der Waals surface area contributed by atoms with Gasteiger partial charge in [-0.2, -0.15) is 13.2 Å². The van der Waals surface area contributed by atoms with Gasteiger partial charge in [0.2, 0.25) is 0 Å². The Hall–Kier alpha value is -1.70. The molecule has 0 saturated heterocycles. The molecule has 0 aromatic carbocycles. The molecule has 0 spiro atoms. The second-order valence-corrected chi connectivity index (χ2v) is 3.33. The standard InChI is InChI=1S/C9H12F3N3O2/c10-9(11,12)7(8(13)15-16)5-14-4-6-2-1-3-17-6/h1-3,7,14,16H,4-5H2,(H2,13,15). The van der Waals surface area contributed by atoms with Crippen molar-refractivity contribution in [1.29, 1.82) is 0 Å². The summed E-state index contributed by atoms with van der Waals surface area (Å²) in [4.78, 5) is 0. The van der Waals surface area contributed by atoms with Gasteiger partial charge in [0, 0.05) is 6.54 Å². The second kappa shape index (κ2) is 5.58. The van der Waals surface area contributed by atoms with E-state index in [1.807, 2.05) is 0 Å². The maximum Gasteiger partial charge on any atom is 0.400 e. The number of alkyl halides is 3. The first-order valence-electron chi connectivity index (χ1n) is 4.72. The number of hydrogen-bond acceptors (Lipinski definition) is 4. The van der Waals surface area contributed by atoms with Crippen molar-refractivity contribution >= 4 is 5.84 Å². The first kappa shape index (κ1) is 13.4. The van der Waals surface area contributed by atoms with Crippen LogP contribution in [0, 0.1) is 5.92 Å². The minimum atomic E-state index is -4.56. The molecule has 1 aromatic rings. The van der Waals surface area contributed by atoms with Crippen LogP contribution in [0.15, 0.2) is 28.0 Å². The predicted molar refractivity (Wildman–Crippen MR) is 53.4 cm³/mol. The number of furan rings is 1. The van der Waals surface area contributed by atoms with Crippen LogP contribution in [0.3, 0.4) is 0 Å². The fourth-order valence-electron chi connectivity index (χ4n) is 1.21. The van der Waals surface area contributed by atoms with E-state index >= 15 is 0 Å². The summed E-state index contributed by atoms with van der Waals surface area (Å²) in [5, 5.41) is 13.2. The van der Waals surface area contributed by atoms with Crippen LogP contribution in [0.25, 0.3) is 0 Å². The average Bonchev–Trinajstić information content (AvgIpc) is 2.74. The fraction of sp³-hybridized carbons (Fsp3) is 0.444. The van der Waals surface area contributed by atoms with Crippen LogP contribution >= 0.6 is 0 Å². The highest BCUT2D eigenvalue weighted by Crippen LogP contribution is 2.25. The molecule has 8 heteroatoms. The Bertz CT molecular complexity index is 362.